The van der Waals surface area contributed by atoms with Crippen molar-refractivity contribution in [1.29, 1.82) is 5.26 Å². The maximum Gasteiger partial charge on any atom is 0.345 e. The van der Waals surface area contributed by atoms with E-state index in [1.165, 1.54) is 13.2 Å². The summed E-state index contributed by atoms with van der Waals surface area (Å²) >= 11 is 0. The number of nitriles is 1. The Morgan fingerprint density at radius 1 is 1.05 bits per heavy atom. The Hall–Kier alpha value is -3.38. The Morgan fingerprint density at radius 2 is 1.73 bits per heavy atom. The first-order chi connectivity index (χ1) is 17.7. The minimum absolute atomic E-state index is 0.0229. The van der Waals surface area contributed by atoms with Crippen LogP contribution in [-0.2, 0) is 10.4 Å². The van der Waals surface area contributed by atoms with Crippen LogP contribution in [0.5, 0.6) is 5.75 Å². The Morgan fingerprint density at radius 3 is 2.27 bits per heavy atom. The Bertz CT molecular complexity index is 1210. The standard InChI is InChI=1S/C26H27F3N4O2.C2H6/c1-14-4-5-16(17-10-18(13-30)23(27)22(12-17)34-3)11-21(14)26(32-15(2)24(31)33-26)19-6-8-20(9-7-19)35-25(28)29;1-2/h4-5,10-12,19-20,25H,6-9H2,1-3H3,(H2,31,33);1-2H3. The van der Waals surface area contributed by atoms with Crippen molar-refractivity contribution >= 4 is 11.5 Å². The lowest BCUT2D eigenvalue weighted by Crippen LogP contribution is -2.36. The fraction of sp³-hybridized carbons (Fsp3) is 0.464. The van der Waals surface area contributed by atoms with Crippen LogP contribution >= 0.6 is 0 Å². The third-order valence-corrected chi connectivity index (χ3v) is 6.89. The van der Waals surface area contributed by atoms with Gasteiger partial charge in [-0.1, -0.05) is 26.0 Å². The minimum atomic E-state index is -2.80. The number of hydrogen-bond donors (Lipinski definition) is 1. The first kappa shape index (κ1) is 28.2. The van der Waals surface area contributed by atoms with Crippen LogP contribution in [0.15, 0.2) is 40.3 Å². The van der Waals surface area contributed by atoms with Crippen molar-refractivity contribution in [3.05, 3.63) is 52.8 Å². The molecule has 1 fully saturated rings. The number of rotatable bonds is 6. The molecule has 2 N–H and O–H groups in total. The average Bonchev–Trinajstić information content (AvgIpc) is 3.20. The molecule has 1 unspecified atom stereocenters. The number of aliphatic imine (C=N–C) groups is 2. The monoisotopic (exact) mass is 514 g/mol. The number of benzene rings is 2. The third kappa shape index (κ3) is 5.64. The number of halogens is 3. The summed E-state index contributed by atoms with van der Waals surface area (Å²) in [6.45, 7) is 4.96. The van der Waals surface area contributed by atoms with Crippen LogP contribution in [0.2, 0.25) is 0 Å². The molecule has 2 aromatic rings. The van der Waals surface area contributed by atoms with Crippen molar-refractivity contribution in [1.82, 2.24) is 0 Å². The summed E-state index contributed by atoms with van der Waals surface area (Å²) in [5.74, 6) is -0.456. The average molecular weight is 515 g/mol. The number of methoxy groups -OCH3 is 1. The van der Waals surface area contributed by atoms with E-state index in [0.717, 1.165) is 16.7 Å². The molecular weight excluding hydrogens is 481 g/mol. The van der Waals surface area contributed by atoms with Crippen molar-refractivity contribution in [2.75, 3.05) is 7.11 Å². The topological polar surface area (TPSA) is 93.0 Å². The smallest absolute Gasteiger partial charge is 0.345 e. The summed E-state index contributed by atoms with van der Waals surface area (Å²) in [7, 11) is 1.35. The van der Waals surface area contributed by atoms with Gasteiger partial charge >= 0.3 is 6.61 Å². The molecule has 2 aliphatic rings. The predicted octanol–water partition coefficient (Wildman–Crippen LogP) is 6.49. The highest BCUT2D eigenvalue weighted by Crippen LogP contribution is 2.48. The van der Waals surface area contributed by atoms with Crippen molar-refractivity contribution < 1.29 is 22.6 Å². The van der Waals surface area contributed by atoms with Gasteiger partial charge < -0.3 is 15.2 Å². The van der Waals surface area contributed by atoms with Gasteiger partial charge in [0.2, 0.25) is 0 Å². The highest BCUT2D eigenvalue weighted by molar-refractivity contribution is 6.41. The molecule has 1 aliphatic heterocycles. The zero-order valence-corrected chi connectivity index (χ0v) is 21.8. The SMILES string of the molecule is CC.COc1cc(-c2ccc(C)c(C3(C4CCC(OC(F)F)CC4)N=C(C)C(N)=N3)c2)cc(C#N)c1F. The first-order valence-electron chi connectivity index (χ1n) is 12.4. The van der Waals surface area contributed by atoms with E-state index in [9.17, 15) is 18.4 Å². The van der Waals surface area contributed by atoms with Crippen molar-refractivity contribution in [2.24, 2.45) is 21.6 Å². The van der Waals surface area contributed by atoms with E-state index >= 15 is 0 Å². The zero-order valence-electron chi connectivity index (χ0n) is 21.8. The highest BCUT2D eigenvalue weighted by atomic mass is 19.3. The molecule has 0 aromatic heterocycles. The highest BCUT2D eigenvalue weighted by Gasteiger charge is 2.46. The number of amidine groups is 1. The van der Waals surface area contributed by atoms with E-state index in [-0.39, 0.29) is 17.2 Å². The van der Waals surface area contributed by atoms with Crippen LogP contribution in [-0.4, -0.2) is 31.4 Å². The van der Waals surface area contributed by atoms with E-state index in [0.29, 0.717) is 42.8 Å². The zero-order chi connectivity index (χ0) is 27.3. The van der Waals surface area contributed by atoms with Crippen LogP contribution in [0.1, 0.15) is 63.1 Å². The van der Waals surface area contributed by atoms with Gasteiger partial charge in [-0.15, -0.1) is 0 Å². The summed E-state index contributed by atoms with van der Waals surface area (Å²) in [5.41, 5.74) is 8.81. The normalized spacial score (nSPS) is 23.0. The van der Waals surface area contributed by atoms with E-state index in [1.807, 2.05) is 45.0 Å². The number of nitrogens with two attached hydrogens (primary N) is 1. The maximum absolute atomic E-state index is 14.4. The van der Waals surface area contributed by atoms with Crippen molar-refractivity contribution in [3.8, 4) is 22.9 Å². The Balaban J connectivity index is 0.00000186. The van der Waals surface area contributed by atoms with Crippen LogP contribution in [0.3, 0.4) is 0 Å². The molecule has 0 bridgehead atoms. The van der Waals surface area contributed by atoms with Gasteiger partial charge in [0.15, 0.2) is 17.2 Å². The van der Waals surface area contributed by atoms with Crippen molar-refractivity contribution in [3.63, 3.8) is 0 Å². The van der Waals surface area contributed by atoms with E-state index in [1.54, 1.807) is 13.0 Å². The molecule has 0 radical (unpaired) electrons. The molecule has 1 aliphatic carbocycles. The van der Waals surface area contributed by atoms with Gasteiger partial charge in [-0.05, 0) is 74.4 Å². The molecule has 6 nitrogen and oxygen atoms in total. The quantitative estimate of drug-likeness (QED) is 0.477. The predicted molar refractivity (Wildman–Crippen MR) is 138 cm³/mol. The lowest BCUT2D eigenvalue weighted by Gasteiger charge is -2.38. The third-order valence-electron chi connectivity index (χ3n) is 6.89. The van der Waals surface area contributed by atoms with Gasteiger partial charge in [-0.25, -0.2) is 9.38 Å². The van der Waals surface area contributed by atoms with Gasteiger partial charge in [0.25, 0.3) is 0 Å². The molecule has 37 heavy (non-hydrogen) atoms. The van der Waals surface area contributed by atoms with Gasteiger partial charge in [0.05, 0.1) is 24.5 Å². The molecule has 198 valence electrons. The largest absolute Gasteiger partial charge is 0.494 e. The van der Waals surface area contributed by atoms with Gasteiger partial charge in [-0.3, -0.25) is 4.99 Å². The molecule has 1 saturated carbocycles. The molecule has 0 amide bonds. The number of aryl methyl sites for hydroxylation is 1. The molecule has 2 aromatic carbocycles. The van der Waals surface area contributed by atoms with Gasteiger partial charge in [0, 0.05) is 11.5 Å². The summed E-state index contributed by atoms with van der Waals surface area (Å²) in [4.78, 5) is 9.74. The number of alkyl halides is 2. The number of hydrogen-bond acceptors (Lipinski definition) is 6. The molecule has 1 heterocycles. The molecule has 9 heteroatoms. The molecule has 4 rings (SSSR count). The fourth-order valence-corrected chi connectivity index (χ4v) is 5.06. The van der Waals surface area contributed by atoms with Gasteiger partial charge in [-0.2, -0.15) is 14.0 Å². The Kier molecular flexibility index (Phi) is 8.98. The second kappa shape index (κ2) is 11.8. The molecular formula is C28H33F3N4O2. The second-order valence-corrected chi connectivity index (χ2v) is 8.97. The van der Waals surface area contributed by atoms with Crippen LogP contribution in [0.25, 0.3) is 11.1 Å². The summed E-state index contributed by atoms with van der Waals surface area (Å²) in [6.07, 6.45) is 1.63. The second-order valence-electron chi connectivity index (χ2n) is 8.97. The summed E-state index contributed by atoms with van der Waals surface area (Å²) in [6, 6.07) is 10.6. The van der Waals surface area contributed by atoms with E-state index in [4.69, 9.17) is 25.2 Å². The minimum Gasteiger partial charge on any atom is -0.494 e. The molecule has 0 spiro atoms. The molecule has 0 saturated heterocycles. The molecule has 1 atom stereocenters. The first-order valence-corrected chi connectivity index (χ1v) is 12.4. The van der Waals surface area contributed by atoms with E-state index < -0.39 is 24.2 Å². The summed E-state index contributed by atoms with van der Waals surface area (Å²) in [5, 5.41) is 9.37. The van der Waals surface area contributed by atoms with Crippen LogP contribution in [0, 0.1) is 30.0 Å². The van der Waals surface area contributed by atoms with Crippen LogP contribution < -0.4 is 10.5 Å². The fourth-order valence-electron chi connectivity index (χ4n) is 5.06. The maximum atomic E-state index is 14.4. The van der Waals surface area contributed by atoms with Crippen molar-refractivity contribution in [2.45, 2.75) is 71.8 Å². The summed E-state index contributed by atoms with van der Waals surface area (Å²) < 4.78 is 49.7. The number of nitrogens with zero attached hydrogens (tertiary/aromatic N) is 3. The van der Waals surface area contributed by atoms with Crippen LogP contribution in [0.4, 0.5) is 13.2 Å². The Labute approximate surface area is 216 Å². The van der Waals surface area contributed by atoms with Gasteiger partial charge in [0.1, 0.15) is 11.9 Å². The van der Waals surface area contributed by atoms with E-state index in [2.05, 4.69) is 0 Å². The lowest BCUT2D eigenvalue weighted by molar-refractivity contribution is -0.172. The number of ether oxygens (including phenoxy) is 2. The lowest BCUT2D eigenvalue weighted by atomic mass is 9.74.